The van der Waals surface area contributed by atoms with Crippen molar-refractivity contribution in [3.8, 4) is 0 Å². The number of hydrogen-bond acceptors (Lipinski definition) is 6. The van der Waals surface area contributed by atoms with Crippen LogP contribution in [0.15, 0.2) is 6.20 Å². The van der Waals surface area contributed by atoms with Gasteiger partial charge in [0.2, 0.25) is 5.95 Å². The van der Waals surface area contributed by atoms with Crippen LogP contribution in [0.25, 0.3) is 0 Å². The number of rotatable bonds is 5. The summed E-state index contributed by atoms with van der Waals surface area (Å²) in [7, 11) is 2.04. The molecule has 1 aliphatic heterocycles. The Kier molecular flexibility index (Phi) is 5.93. The number of aromatic nitrogens is 2. The van der Waals surface area contributed by atoms with E-state index in [1.54, 1.807) is 13.1 Å². The zero-order valence-corrected chi connectivity index (χ0v) is 14.9. The Morgan fingerprint density at radius 3 is 2.78 bits per heavy atom. The van der Waals surface area contributed by atoms with Crippen LogP contribution in [0.4, 0.5) is 5.95 Å². The minimum atomic E-state index is -0.358. The molecule has 0 spiro atoms. The Morgan fingerprint density at radius 2 is 2.22 bits per heavy atom. The van der Waals surface area contributed by atoms with Crippen molar-refractivity contribution in [1.82, 2.24) is 14.9 Å². The van der Waals surface area contributed by atoms with E-state index in [4.69, 9.17) is 4.74 Å². The van der Waals surface area contributed by atoms with Gasteiger partial charge in [-0.3, -0.25) is 0 Å². The molecule has 6 heteroatoms. The Hall–Kier alpha value is -1.69. The molecule has 2 atom stereocenters. The maximum atomic E-state index is 11.8. The lowest BCUT2D eigenvalue weighted by Gasteiger charge is -2.41. The molecule has 128 valence electrons. The second kappa shape index (κ2) is 7.73. The number of piperidine rings is 1. The van der Waals surface area contributed by atoms with Gasteiger partial charge in [0, 0.05) is 32.4 Å². The van der Waals surface area contributed by atoms with Gasteiger partial charge in [0.1, 0.15) is 0 Å². The lowest BCUT2D eigenvalue weighted by molar-refractivity contribution is 0.0524. The number of carbonyl (C=O) groups excluding carboxylic acids is 1. The lowest BCUT2D eigenvalue weighted by atomic mass is 9.93. The zero-order valence-electron chi connectivity index (χ0n) is 14.9. The van der Waals surface area contributed by atoms with Gasteiger partial charge in [-0.2, -0.15) is 0 Å². The van der Waals surface area contributed by atoms with Crippen molar-refractivity contribution in [2.75, 3.05) is 38.2 Å². The third-order valence-electron chi connectivity index (χ3n) is 4.67. The van der Waals surface area contributed by atoms with Gasteiger partial charge in [-0.25, -0.2) is 14.8 Å². The van der Waals surface area contributed by atoms with Gasteiger partial charge >= 0.3 is 5.97 Å². The summed E-state index contributed by atoms with van der Waals surface area (Å²) < 4.78 is 5.03. The van der Waals surface area contributed by atoms with Crippen molar-refractivity contribution in [3.05, 3.63) is 17.5 Å². The van der Waals surface area contributed by atoms with E-state index in [9.17, 15) is 4.79 Å². The quantitative estimate of drug-likeness (QED) is 0.775. The molecule has 0 aromatic carbocycles. The summed E-state index contributed by atoms with van der Waals surface area (Å²) in [6.45, 7) is 11.8. The van der Waals surface area contributed by atoms with E-state index in [1.807, 2.05) is 14.0 Å². The number of esters is 1. The highest BCUT2D eigenvalue weighted by atomic mass is 16.5. The highest BCUT2D eigenvalue weighted by Crippen LogP contribution is 2.24. The van der Waals surface area contributed by atoms with E-state index in [1.165, 1.54) is 0 Å². The first kappa shape index (κ1) is 17.7. The van der Waals surface area contributed by atoms with Crippen molar-refractivity contribution in [3.63, 3.8) is 0 Å². The number of hydrogen-bond donors (Lipinski definition) is 0. The minimum Gasteiger partial charge on any atom is -0.462 e. The molecule has 23 heavy (non-hydrogen) atoms. The summed E-state index contributed by atoms with van der Waals surface area (Å²) >= 11 is 0. The summed E-state index contributed by atoms with van der Waals surface area (Å²) in [6.07, 6.45) is 2.69. The molecule has 2 heterocycles. The summed E-state index contributed by atoms with van der Waals surface area (Å²) in [5, 5.41) is 0. The molecule has 0 amide bonds. The summed E-state index contributed by atoms with van der Waals surface area (Å²) in [4.78, 5) is 25.4. The molecule has 0 aliphatic carbocycles. The molecule has 1 aromatic heterocycles. The normalized spacial score (nSPS) is 22.0. The fourth-order valence-corrected chi connectivity index (χ4v) is 3.26. The van der Waals surface area contributed by atoms with E-state index in [0.29, 0.717) is 35.8 Å². The van der Waals surface area contributed by atoms with Crippen LogP contribution in [0.2, 0.25) is 0 Å². The second-order valence-electron chi connectivity index (χ2n) is 6.23. The van der Waals surface area contributed by atoms with Crippen molar-refractivity contribution in [2.45, 2.75) is 40.2 Å². The average Bonchev–Trinajstić information content (AvgIpc) is 2.54. The number of anilines is 1. The molecular weight excluding hydrogens is 292 g/mol. The van der Waals surface area contributed by atoms with Crippen LogP contribution in [0, 0.1) is 12.8 Å². The Morgan fingerprint density at radius 1 is 1.48 bits per heavy atom. The van der Waals surface area contributed by atoms with Crippen LogP contribution < -0.4 is 4.90 Å². The van der Waals surface area contributed by atoms with E-state index in [0.717, 1.165) is 26.1 Å². The molecule has 0 radical (unpaired) electrons. The van der Waals surface area contributed by atoms with Crippen molar-refractivity contribution >= 4 is 11.9 Å². The fraction of sp³-hybridized carbons (Fsp3) is 0.706. The van der Waals surface area contributed by atoms with Gasteiger partial charge in [0.15, 0.2) is 0 Å². The van der Waals surface area contributed by atoms with Gasteiger partial charge in [-0.15, -0.1) is 0 Å². The predicted octanol–water partition coefficient (Wildman–Crippen LogP) is 2.13. The Balaban J connectivity index is 2.12. The van der Waals surface area contributed by atoms with Gasteiger partial charge in [0.05, 0.1) is 17.9 Å². The van der Waals surface area contributed by atoms with Crippen LogP contribution in [-0.2, 0) is 4.74 Å². The van der Waals surface area contributed by atoms with Crippen LogP contribution in [0.1, 0.15) is 43.2 Å². The van der Waals surface area contributed by atoms with Crippen molar-refractivity contribution in [2.24, 2.45) is 5.92 Å². The Bertz CT molecular complexity index is 549. The zero-order chi connectivity index (χ0) is 17.0. The monoisotopic (exact) mass is 320 g/mol. The molecule has 0 N–H and O–H groups in total. The Labute approximate surface area is 138 Å². The van der Waals surface area contributed by atoms with Gasteiger partial charge in [-0.05, 0) is 32.7 Å². The standard InChI is InChI=1S/C17H28N4O2/c1-6-21-9-8-15(12(3)11-21)20(5)17-18-10-14(13(4)19-17)16(22)23-7-2/h10,12,15H,6-9,11H2,1-5H3. The van der Waals surface area contributed by atoms with Crippen LogP contribution in [0.3, 0.4) is 0 Å². The van der Waals surface area contributed by atoms with Crippen LogP contribution in [0.5, 0.6) is 0 Å². The average molecular weight is 320 g/mol. The third-order valence-corrected chi connectivity index (χ3v) is 4.67. The first-order valence-electron chi connectivity index (χ1n) is 8.43. The SMILES string of the molecule is CCOC(=O)c1cnc(N(C)C2CCN(CC)CC2C)nc1C. The molecular formula is C17H28N4O2. The first-order valence-corrected chi connectivity index (χ1v) is 8.43. The summed E-state index contributed by atoms with van der Waals surface area (Å²) in [6, 6.07) is 0.422. The fourth-order valence-electron chi connectivity index (χ4n) is 3.26. The number of likely N-dealkylation sites (tertiary alicyclic amines) is 1. The molecule has 1 fully saturated rings. The lowest BCUT2D eigenvalue weighted by Crippen LogP contribution is -2.49. The highest BCUT2D eigenvalue weighted by Gasteiger charge is 2.29. The molecule has 2 unspecified atom stereocenters. The molecule has 0 saturated carbocycles. The molecule has 1 aromatic rings. The molecule has 1 aliphatic rings. The molecule has 2 rings (SSSR count). The highest BCUT2D eigenvalue weighted by molar-refractivity contribution is 5.90. The smallest absolute Gasteiger partial charge is 0.341 e. The number of nitrogens with zero attached hydrogens (tertiary/aromatic N) is 4. The first-order chi connectivity index (χ1) is 11.0. The summed E-state index contributed by atoms with van der Waals surface area (Å²) in [5.41, 5.74) is 1.11. The minimum absolute atomic E-state index is 0.355. The number of carbonyl (C=O) groups is 1. The third kappa shape index (κ3) is 3.99. The second-order valence-corrected chi connectivity index (χ2v) is 6.23. The largest absolute Gasteiger partial charge is 0.462 e. The number of ether oxygens (including phenoxy) is 1. The van der Waals surface area contributed by atoms with Crippen molar-refractivity contribution in [1.29, 1.82) is 0 Å². The number of aryl methyl sites for hydroxylation is 1. The molecule has 1 saturated heterocycles. The predicted molar refractivity (Wildman–Crippen MR) is 90.8 cm³/mol. The van der Waals surface area contributed by atoms with E-state index in [2.05, 4.69) is 33.6 Å². The molecule has 0 bridgehead atoms. The maximum Gasteiger partial charge on any atom is 0.341 e. The van der Waals surface area contributed by atoms with E-state index >= 15 is 0 Å². The summed E-state index contributed by atoms with van der Waals surface area (Å²) in [5.74, 6) is 0.878. The van der Waals surface area contributed by atoms with Crippen LogP contribution in [-0.4, -0.2) is 60.2 Å². The van der Waals surface area contributed by atoms with Gasteiger partial charge in [-0.1, -0.05) is 13.8 Å². The van der Waals surface area contributed by atoms with Crippen molar-refractivity contribution < 1.29 is 9.53 Å². The molecule has 6 nitrogen and oxygen atoms in total. The topological polar surface area (TPSA) is 58.6 Å². The maximum absolute atomic E-state index is 11.8. The van der Waals surface area contributed by atoms with Gasteiger partial charge < -0.3 is 14.5 Å². The van der Waals surface area contributed by atoms with E-state index < -0.39 is 0 Å². The van der Waals surface area contributed by atoms with Crippen LogP contribution >= 0.6 is 0 Å². The van der Waals surface area contributed by atoms with Gasteiger partial charge in [0.25, 0.3) is 0 Å². The van der Waals surface area contributed by atoms with E-state index in [-0.39, 0.29) is 5.97 Å².